The summed E-state index contributed by atoms with van der Waals surface area (Å²) in [7, 11) is 0. The van der Waals surface area contributed by atoms with Gasteiger partial charge in [-0.05, 0) is 31.8 Å². The van der Waals surface area contributed by atoms with Crippen LogP contribution in [0.1, 0.15) is 84.0 Å². The number of ether oxygens (including phenoxy) is 1. The number of alkyl halides is 1. The van der Waals surface area contributed by atoms with E-state index in [0.29, 0.717) is 0 Å². The minimum Gasteiger partial charge on any atom is -0.502 e. The molecule has 0 aliphatic carbocycles. The lowest BCUT2D eigenvalue weighted by Gasteiger charge is -2.01. The number of unbranched alkanes of at least 4 members (excludes halogenated alkanes) is 10. The first-order valence-electron chi connectivity index (χ1n) is 8.24. The van der Waals surface area contributed by atoms with Gasteiger partial charge in [-0.15, -0.1) is 11.6 Å². The molecule has 2 heteroatoms. The predicted molar refractivity (Wildman–Crippen MR) is 86.9 cm³/mol. The molecular formula is C17H33ClO. The number of rotatable bonds is 15. The van der Waals surface area contributed by atoms with Crippen LogP contribution in [0.3, 0.4) is 0 Å². The van der Waals surface area contributed by atoms with Gasteiger partial charge in [0.2, 0.25) is 0 Å². The third-order valence-corrected chi connectivity index (χ3v) is 3.58. The average molecular weight is 289 g/mol. The second-order valence-electron chi connectivity index (χ2n) is 5.26. The Morgan fingerprint density at radius 3 is 2.16 bits per heavy atom. The maximum absolute atomic E-state index is 5.62. The Morgan fingerprint density at radius 2 is 1.42 bits per heavy atom. The van der Waals surface area contributed by atoms with Crippen LogP contribution in [0.5, 0.6) is 0 Å². The Hall–Kier alpha value is -0.170. The van der Waals surface area contributed by atoms with Gasteiger partial charge >= 0.3 is 0 Å². The summed E-state index contributed by atoms with van der Waals surface area (Å²) in [5, 5.41) is 0. The molecule has 0 unspecified atom stereocenters. The highest BCUT2D eigenvalue weighted by Gasteiger charge is 1.90. The van der Waals surface area contributed by atoms with Gasteiger partial charge in [-0.1, -0.05) is 58.3 Å². The highest BCUT2D eigenvalue weighted by molar-refractivity contribution is 6.17. The minimum atomic E-state index is 0.791. The lowest BCUT2D eigenvalue weighted by molar-refractivity contribution is 0.239. The van der Waals surface area contributed by atoms with E-state index in [9.17, 15) is 0 Å². The summed E-state index contributed by atoms with van der Waals surface area (Å²) in [6.45, 7) is 3.12. The van der Waals surface area contributed by atoms with Gasteiger partial charge in [-0.3, -0.25) is 0 Å². The molecule has 0 fully saturated rings. The highest BCUT2D eigenvalue weighted by Crippen LogP contribution is 2.08. The lowest BCUT2D eigenvalue weighted by atomic mass is 10.1. The summed E-state index contributed by atoms with van der Waals surface area (Å²) in [4.78, 5) is 0. The SMILES string of the molecule is CCCCCCCCCC=COCCCCCCCl. The van der Waals surface area contributed by atoms with Gasteiger partial charge in [0.1, 0.15) is 0 Å². The maximum Gasteiger partial charge on any atom is 0.0873 e. The Morgan fingerprint density at radius 1 is 0.789 bits per heavy atom. The van der Waals surface area contributed by atoms with Crippen LogP contribution in [0.15, 0.2) is 12.3 Å². The van der Waals surface area contributed by atoms with Crippen LogP contribution in [-0.2, 0) is 4.74 Å². The molecule has 0 rings (SSSR count). The molecule has 0 aromatic rings. The van der Waals surface area contributed by atoms with Gasteiger partial charge in [0, 0.05) is 5.88 Å². The molecule has 1 nitrogen and oxygen atoms in total. The predicted octanol–water partition coefficient (Wildman–Crippen LogP) is 6.46. The fourth-order valence-electron chi connectivity index (χ4n) is 2.06. The first-order valence-corrected chi connectivity index (χ1v) is 8.77. The van der Waals surface area contributed by atoms with E-state index in [0.717, 1.165) is 25.3 Å². The van der Waals surface area contributed by atoms with Gasteiger partial charge in [0.25, 0.3) is 0 Å². The van der Waals surface area contributed by atoms with Crippen molar-refractivity contribution >= 4 is 11.6 Å². The molecule has 0 atom stereocenters. The topological polar surface area (TPSA) is 9.23 Å². The smallest absolute Gasteiger partial charge is 0.0873 e. The molecule has 0 aromatic heterocycles. The van der Waals surface area contributed by atoms with Gasteiger partial charge in [0.15, 0.2) is 0 Å². The molecule has 19 heavy (non-hydrogen) atoms. The van der Waals surface area contributed by atoms with Crippen LogP contribution in [-0.4, -0.2) is 12.5 Å². The fourth-order valence-corrected chi connectivity index (χ4v) is 2.25. The first-order chi connectivity index (χ1) is 9.41. The van der Waals surface area contributed by atoms with Crippen molar-refractivity contribution in [2.45, 2.75) is 84.0 Å². The van der Waals surface area contributed by atoms with E-state index in [1.807, 2.05) is 6.26 Å². The quantitative estimate of drug-likeness (QED) is 0.191. The largest absolute Gasteiger partial charge is 0.502 e. The van der Waals surface area contributed by atoms with Crippen molar-refractivity contribution in [3.63, 3.8) is 0 Å². The van der Waals surface area contributed by atoms with Crippen molar-refractivity contribution in [2.24, 2.45) is 0 Å². The third-order valence-electron chi connectivity index (χ3n) is 3.31. The second kappa shape index (κ2) is 17.8. The third kappa shape index (κ3) is 17.8. The van der Waals surface area contributed by atoms with Crippen LogP contribution in [0.25, 0.3) is 0 Å². The summed E-state index contributed by atoms with van der Waals surface area (Å²) in [6.07, 6.45) is 19.6. The summed E-state index contributed by atoms with van der Waals surface area (Å²) >= 11 is 5.62. The first kappa shape index (κ1) is 18.8. The van der Waals surface area contributed by atoms with Gasteiger partial charge in [0.05, 0.1) is 12.9 Å². The lowest BCUT2D eigenvalue weighted by Crippen LogP contribution is -1.88. The summed E-state index contributed by atoms with van der Waals surface area (Å²) in [6, 6.07) is 0. The van der Waals surface area contributed by atoms with Gasteiger partial charge < -0.3 is 4.74 Å². The normalized spacial score (nSPS) is 11.3. The number of halogens is 1. The van der Waals surface area contributed by atoms with E-state index in [1.165, 1.54) is 64.2 Å². The van der Waals surface area contributed by atoms with Crippen LogP contribution in [0, 0.1) is 0 Å². The van der Waals surface area contributed by atoms with Crippen LogP contribution in [0.2, 0.25) is 0 Å². The van der Waals surface area contributed by atoms with Crippen molar-refractivity contribution in [1.82, 2.24) is 0 Å². The molecule has 0 saturated heterocycles. The van der Waals surface area contributed by atoms with Crippen molar-refractivity contribution in [2.75, 3.05) is 12.5 Å². The number of allylic oxidation sites excluding steroid dienone is 1. The minimum absolute atomic E-state index is 0.791. The fraction of sp³-hybridized carbons (Fsp3) is 0.882. The molecule has 0 N–H and O–H groups in total. The van der Waals surface area contributed by atoms with Crippen LogP contribution >= 0.6 is 11.6 Å². The summed E-state index contributed by atoms with van der Waals surface area (Å²) in [5.74, 6) is 0.791. The average Bonchev–Trinajstić information content (AvgIpc) is 2.43. The van der Waals surface area contributed by atoms with Crippen LogP contribution < -0.4 is 0 Å². The Labute approximate surface area is 125 Å². The highest BCUT2D eigenvalue weighted by atomic mass is 35.5. The zero-order valence-electron chi connectivity index (χ0n) is 12.8. The van der Waals surface area contributed by atoms with E-state index >= 15 is 0 Å². The maximum atomic E-state index is 5.62. The van der Waals surface area contributed by atoms with E-state index < -0.39 is 0 Å². The van der Waals surface area contributed by atoms with E-state index in [2.05, 4.69) is 13.0 Å². The standard InChI is InChI=1S/C17H33ClO/c1-2-3-4-5-6-7-8-10-13-16-19-17-14-11-9-12-15-18/h13,16H,2-12,14-15,17H2,1H3. The summed E-state index contributed by atoms with van der Waals surface area (Å²) in [5.41, 5.74) is 0. The van der Waals surface area contributed by atoms with E-state index in [4.69, 9.17) is 16.3 Å². The molecule has 0 radical (unpaired) electrons. The Kier molecular flexibility index (Phi) is 17.7. The Bertz CT molecular complexity index is 180. The van der Waals surface area contributed by atoms with Gasteiger partial charge in [-0.2, -0.15) is 0 Å². The number of hydrogen-bond acceptors (Lipinski definition) is 1. The molecule has 114 valence electrons. The molecular weight excluding hydrogens is 256 g/mol. The Balaban J connectivity index is 3.01. The molecule has 0 aliphatic heterocycles. The zero-order valence-corrected chi connectivity index (χ0v) is 13.6. The molecule has 0 saturated carbocycles. The van der Waals surface area contributed by atoms with Crippen molar-refractivity contribution < 1.29 is 4.74 Å². The van der Waals surface area contributed by atoms with Crippen molar-refractivity contribution in [1.29, 1.82) is 0 Å². The second-order valence-corrected chi connectivity index (χ2v) is 5.63. The molecule has 0 spiro atoms. The molecule has 0 aromatic carbocycles. The number of hydrogen-bond donors (Lipinski definition) is 0. The van der Waals surface area contributed by atoms with Crippen molar-refractivity contribution in [3.8, 4) is 0 Å². The molecule has 0 aliphatic rings. The van der Waals surface area contributed by atoms with E-state index in [-0.39, 0.29) is 0 Å². The van der Waals surface area contributed by atoms with E-state index in [1.54, 1.807) is 0 Å². The monoisotopic (exact) mass is 288 g/mol. The van der Waals surface area contributed by atoms with Gasteiger partial charge in [-0.25, -0.2) is 0 Å². The molecule has 0 bridgehead atoms. The van der Waals surface area contributed by atoms with Crippen LogP contribution in [0.4, 0.5) is 0 Å². The molecule has 0 heterocycles. The van der Waals surface area contributed by atoms with Crippen molar-refractivity contribution in [3.05, 3.63) is 12.3 Å². The zero-order chi connectivity index (χ0) is 14.0. The molecule has 0 amide bonds. The summed E-state index contributed by atoms with van der Waals surface area (Å²) < 4.78 is 5.46.